The van der Waals surface area contributed by atoms with Gasteiger partial charge in [-0.05, 0) is 6.07 Å². The van der Waals surface area contributed by atoms with E-state index < -0.39 is 5.92 Å². The molecule has 0 fully saturated rings. The van der Waals surface area contributed by atoms with Gasteiger partial charge in [0, 0.05) is 12.6 Å². The zero-order valence-electron chi connectivity index (χ0n) is 11.8. The molecule has 6 heteroatoms. The van der Waals surface area contributed by atoms with Gasteiger partial charge in [-0.2, -0.15) is 5.26 Å². The van der Waals surface area contributed by atoms with E-state index in [9.17, 15) is 10.1 Å². The molecular formula is C16H12N4O2. The predicted molar refractivity (Wildman–Crippen MR) is 77.8 cm³/mol. The molecule has 22 heavy (non-hydrogen) atoms. The minimum absolute atomic E-state index is 0.313. The van der Waals surface area contributed by atoms with Gasteiger partial charge in [0.05, 0.1) is 17.9 Å². The van der Waals surface area contributed by atoms with E-state index in [1.807, 2.05) is 36.4 Å². The van der Waals surface area contributed by atoms with Crippen LogP contribution in [-0.2, 0) is 7.05 Å². The predicted octanol–water partition coefficient (Wildman–Crippen LogP) is 2.57. The summed E-state index contributed by atoms with van der Waals surface area (Å²) in [5, 5.41) is 17.5. The van der Waals surface area contributed by atoms with Gasteiger partial charge in [0.25, 0.3) is 0 Å². The molecule has 1 aromatic carbocycles. The normalized spacial score (nSPS) is 11.8. The molecule has 2 heterocycles. The summed E-state index contributed by atoms with van der Waals surface area (Å²) in [6.45, 7) is 0. The standard InChI is InChI=1S/C16H12N4O2/c1-20-15(11-5-3-2-4-6-11)18-19-16(20)13(9-17)14(21)12-7-8-22-10-12/h2-8,10,13H,1H3/t13-/m0/s1. The van der Waals surface area contributed by atoms with Gasteiger partial charge in [0.15, 0.2) is 23.3 Å². The smallest absolute Gasteiger partial charge is 0.190 e. The highest BCUT2D eigenvalue weighted by molar-refractivity contribution is 6.02. The van der Waals surface area contributed by atoms with Crippen molar-refractivity contribution in [1.29, 1.82) is 5.26 Å². The van der Waals surface area contributed by atoms with Crippen molar-refractivity contribution in [2.75, 3.05) is 0 Å². The van der Waals surface area contributed by atoms with Crippen LogP contribution in [0.15, 0.2) is 53.3 Å². The van der Waals surface area contributed by atoms with E-state index in [4.69, 9.17) is 4.42 Å². The second-order valence-electron chi connectivity index (χ2n) is 4.75. The van der Waals surface area contributed by atoms with E-state index in [1.165, 1.54) is 18.6 Å². The van der Waals surface area contributed by atoms with Crippen LogP contribution < -0.4 is 0 Å². The first-order chi connectivity index (χ1) is 10.7. The largest absolute Gasteiger partial charge is 0.472 e. The fraction of sp³-hybridized carbons (Fsp3) is 0.125. The van der Waals surface area contributed by atoms with Gasteiger partial charge in [0.1, 0.15) is 6.26 Å². The number of hydrogen-bond acceptors (Lipinski definition) is 5. The number of carbonyl (C=O) groups excluding carboxylic acids is 1. The molecular weight excluding hydrogens is 280 g/mol. The maximum atomic E-state index is 12.4. The summed E-state index contributed by atoms with van der Waals surface area (Å²) in [7, 11) is 1.74. The first-order valence-corrected chi connectivity index (χ1v) is 6.63. The molecule has 0 N–H and O–H groups in total. The lowest BCUT2D eigenvalue weighted by Gasteiger charge is -2.07. The van der Waals surface area contributed by atoms with Crippen molar-refractivity contribution in [3.63, 3.8) is 0 Å². The van der Waals surface area contributed by atoms with Gasteiger partial charge < -0.3 is 8.98 Å². The number of nitriles is 1. The Kier molecular flexibility index (Phi) is 3.54. The van der Waals surface area contributed by atoms with Gasteiger partial charge in [-0.15, -0.1) is 10.2 Å². The lowest BCUT2D eigenvalue weighted by Crippen LogP contribution is -2.15. The molecule has 0 aliphatic rings. The quantitative estimate of drug-likeness (QED) is 0.690. The minimum Gasteiger partial charge on any atom is -0.472 e. The molecule has 0 radical (unpaired) electrons. The van der Waals surface area contributed by atoms with Crippen LogP contribution in [0.1, 0.15) is 22.1 Å². The molecule has 0 aliphatic heterocycles. The van der Waals surface area contributed by atoms with E-state index in [2.05, 4.69) is 10.2 Å². The van der Waals surface area contributed by atoms with Crippen molar-refractivity contribution >= 4 is 5.78 Å². The van der Waals surface area contributed by atoms with Crippen molar-refractivity contribution in [2.24, 2.45) is 7.05 Å². The second kappa shape index (κ2) is 5.66. The Bertz CT molecular complexity index is 829. The third kappa shape index (κ3) is 2.29. The molecule has 0 saturated carbocycles. The van der Waals surface area contributed by atoms with Gasteiger partial charge in [-0.3, -0.25) is 4.79 Å². The molecule has 0 spiro atoms. The molecule has 0 unspecified atom stereocenters. The summed E-state index contributed by atoms with van der Waals surface area (Å²) < 4.78 is 6.57. The summed E-state index contributed by atoms with van der Waals surface area (Å²) in [4.78, 5) is 12.4. The molecule has 6 nitrogen and oxygen atoms in total. The van der Waals surface area contributed by atoms with E-state index in [1.54, 1.807) is 11.6 Å². The fourth-order valence-electron chi connectivity index (χ4n) is 2.24. The van der Waals surface area contributed by atoms with Crippen LogP contribution in [0.3, 0.4) is 0 Å². The number of nitrogens with zero attached hydrogens (tertiary/aromatic N) is 4. The number of Topliss-reactive ketones (excluding diaryl/α,β-unsaturated/α-hetero) is 1. The van der Waals surface area contributed by atoms with Crippen LogP contribution in [0, 0.1) is 11.3 Å². The Balaban J connectivity index is 2.00. The van der Waals surface area contributed by atoms with Crippen LogP contribution in [0.25, 0.3) is 11.4 Å². The van der Waals surface area contributed by atoms with Crippen LogP contribution in [0.4, 0.5) is 0 Å². The SMILES string of the molecule is Cn1c(-c2ccccc2)nnc1[C@@H](C#N)C(=O)c1ccoc1. The molecule has 1 atom stereocenters. The summed E-state index contributed by atoms with van der Waals surface area (Å²) in [5.74, 6) is -0.456. The molecule has 108 valence electrons. The lowest BCUT2D eigenvalue weighted by molar-refractivity contribution is 0.0974. The average Bonchev–Trinajstić information content (AvgIpc) is 3.20. The van der Waals surface area contributed by atoms with Crippen LogP contribution >= 0.6 is 0 Å². The molecule has 0 amide bonds. The van der Waals surface area contributed by atoms with E-state index in [-0.39, 0.29) is 5.78 Å². The third-order valence-electron chi connectivity index (χ3n) is 3.40. The summed E-state index contributed by atoms with van der Waals surface area (Å²) >= 11 is 0. The molecule has 2 aromatic heterocycles. The lowest BCUT2D eigenvalue weighted by atomic mass is 10.0. The van der Waals surface area contributed by atoms with Crippen LogP contribution in [0.5, 0.6) is 0 Å². The number of carbonyl (C=O) groups is 1. The number of benzene rings is 1. The van der Waals surface area contributed by atoms with Crippen molar-refractivity contribution in [2.45, 2.75) is 5.92 Å². The summed E-state index contributed by atoms with van der Waals surface area (Å²) in [6, 6.07) is 13.0. The number of furan rings is 1. The number of aromatic nitrogens is 3. The van der Waals surface area contributed by atoms with Gasteiger partial charge in [-0.25, -0.2) is 0 Å². The number of ketones is 1. The van der Waals surface area contributed by atoms with Crippen molar-refractivity contribution in [3.8, 4) is 17.5 Å². The first kappa shape index (κ1) is 13.8. The Hall–Kier alpha value is -3.20. The average molecular weight is 292 g/mol. The van der Waals surface area contributed by atoms with Crippen LogP contribution in [-0.4, -0.2) is 20.5 Å². The molecule has 0 aliphatic carbocycles. The van der Waals surface area contributed by atoms with Gasteiger partial charge in [0.2, 0.25) is 0 Å². The van der Waals surface area contributed by atoms with Gasteiger partial charge >= 0.3 is 0 Å². The Labute approximate surface area is 126 Å². The highest BCUT2D eigenvalue weighted by Gasteiger charge is 2.28. The molecule has 0 saturated heterocycles. The summed E-state index contributed by atoms with van der Waals surface area (Å²) in [6.07, 6.45) is 2.72. The van der Waals surface area contributed by atoms with Crippen molar-refractivity contribution in [1.82, 2.24) is 14.8 Å². The highest BCUT2D eigenvalue weighted by atomic mass is 16.3. The molecule has 3 aromatic rings. The fourth-order valence-corrected chi connectivity index (χ4v) is 2.24. The summed E-state index contributed by atoms with van der Waals surface area (Å²) in [5.41, 5.74) is 1.21. The van der Waals surface area contributed by atoms with Crippen molar-refractivity contribution in [3.05, 3.63) is 60.3 Å². The molecule has 3 rings (SSSR count). The zero-order valence-corrected chi connectivity index (χ0v) is 11.8. The Morgan fingerprint density at radius 1 is 1.27 bits per heavy atom. The maximum Gasteiger partial charge on any atom is 0.190 e. The van der Waals surface area contributed by atoms with E-state index in [0.717, 1.165) is 5.56 Å². The van der Waals surface area contributed by atoms with E-state index >= 15 is 0 Å². The first-order valence-electron chi connectivity index (χ1n) is 6.63. The van der Waals surface area contributed by atoms with Crippen molar-refractivity contribution < 1.29 is 9.21 Å². The Morgan fingerprint density at radius 2 is 2.05 bits per heavy atom. The third-order valence-corrected chi connectivity index (χ3v) is 3.40. The van der Waals surface area contributed by atoms with Crippen LogP contribution in [0.2, 0.25) is 0 Å². The Morgan fingerprint density at radius 3 is 2.68 bits per heavy atom. The second-order valence-corrected chi connectivity index (χ2v) is 4.75. The monoisotopic (exact) mass is 292 g/mol. The topological polar surface area (TPSA) is 84.7 Å². The number of hydrogen-bond donors (Lipinski definition) is 0. The molecule has 0 bridgehead atoms. The highest BCUT2D eigenvalue weighted by Crippen LogP contribution is 2.23. The maximum absolute atomic E-state index is 12.4. The minimum atomic E-state index is -1.02. The number of rotatable bonds is 4. The zero-order chi connectivity index (χ0) is 15.5. The van der Waals surface area contributed by atoms with E-state index in [0.29, 0.717) is 17.2 Å². The van der Waals surface area contributed by atoms with Gasteiger partial charge in [-0.1, -0.05) is 30.3 Å².